The molecule has 0 radical (unpaired) electrons. The van der Waals surface area contributed by atoms with Gasteiger partial charge in [0.1, 0.15) is 5.75 Å². The van der Waals surface area contributed by atoms with Gasteiger partial charge in [0.2, 0.25) is 0 Å². The van der Waals surface area contributed by atoms with Crippen LogP contribution in [0.3, 0.4) is 0 Å². The predicted octanol–water partition coefficient (Wildman–Crippen LogP) is 3.93. The van der Waals surface area contributed by atoms with Gasteiger partial charge in [0, 0.05) is 0 Å². The summed E-state index contributed by atoms with van der Waals surface area (Å²) < 4.78 is 5.97. The molecule has 76 valence electrons. The Morgan fingerprint density at radius 3 is 2.71 bits per heavy atom. The lowest BCUT2D eigenvalue weighted by Gasteiger charge is -2.24. The number of hydrogen-bond donors (Lipinski definition) is 0. The molecule has 0 fully saturated rings. The zero-order valence-corrected chi connectivity index (χ0v) is 9.73. The largest absolute Gasteiger partial charge is 0.475 e. The molecular weight excluding hydrogens is 192 g/mol. The van der Waals surface area contributed by atoms with Gasteiger partial charge in [-0.25, -0.2) is 0 Å². The van der Waals surface area contributed by atoms with Gasteiger partial charge >= 0.3 is 0 Å². The number of rotatable bonds is 2. The summed E-state index contributed by atoms with van der Waals surface area (Å²) in [4.78, 5) is 1.22. The Hall–Kier alpha value is -0.630. The van der Waals surface area contributed by atoms with E-state index in [1.807, 2.05) is 23.9 Å². The third kappa shape index (κ3) is 1.90. The summed E-state index contributed by atoms with van der Waals surface area (Å²) in [6.45, 7) is 6.65. The number of para-hydroxylation sites is 1. The third-order valence-electron chi connectivity index (χ3n) is 2.28. The first-order valence-corrected chi connectivity index (χ1v) is 5.88. The minimum Gasteiger partial charge on any atom is -0.475 e. The molecule has 0 aliphatic carbocycles. The van der Waals surface area contributed by atoms with E-state index in [9.17, 15) is 0 Å². The second-order valence-corrected chi connectivity index (χ2v) is 5.89. The van der Waals surface area contributed by atoms with Crippen LogP contribution < -0.4 is 4.74 Å². The van der Waals surface area contributed by atoms with E-state index in [-0.39, 0.29) is 4.93 Å². The molecule has 1 heterocycles. The second kappa shape index (κ2) is 3.50. The molecule has 0 saturated carbocycles. The summed E-state index contributed by atoms with van der Waals surface area (Å²) in [5.41, 5.74) is 0. The van der Waals surface area contributed by atoms with Gasteiger partial charge in [-0.05, 0) is 31.4 Å². The number of benzene rings is 1. The normalized spacial score (nSPS) is 24.9. The van der Waals surface area contributed by atoms with Crippen molar-refractivity contribution in [3.8, 4) is 5.75 Å². The van der Waals surface area contributed by atoms with Gasteiger partial charge < -0.3 is 4.74 Å². The molecule has 1 atom stereocenters. The summed E-state index contributed by atoms with van der Waals surface area (Å²) in [5.74, 6) is 1.71. The summed E-state index contributed by atoms with van der Waals surface area (Å²) >= 11 is 1.84. The zero-order valence-electron chi connectivity index (χ0n) is 8.91. The lowest BCUT2D eigenvalue weighted by atomic mass is 10.1. The molecule has 14 heavy (non-hydrogen) atoms. The first-order valence-electron chi connectivity index (χ1n) is 5.06. The van der Waals surface area contributed by atoms with Gasteiger partial charge in [-0.2, -0.15) is 0 Å². The summed E-state index contributed by atoms with van der Waals surface area (Å²) in [6, 6.07) is 8.27. The van der Waals surface area contributed by atoms with Crippen LogP contribution >= 0.6 is 11.8 Å². The number of fused-ring (bicyclic) bond motifs is 1. The van der Waals surface area contributed by atoms with Crippen LogP contribution in [-0.2, 0) is 0 Å². The predicted molar refractivity (Wildman–Crippen MR) is 60.8 cm³/mol. The van der Waals surface area contributed by atoms with Crippen LogP contribution in [0.5, 0.6) is 5.75 Å². The summed E-state index contributed by atoms with van der Waals surface area (Å²) in [7, 11) is 0. The first-order chi connectivity index (χ1) is 6.59. The quantitative estimate of drug-likeness (QED) is 0.728. The van der Waals surface area contributed by atoms with Gasteiger partial charge in [0.05, 0.1) is 4.90 Å². The average Bonchev–Trinajstić information content (AvgIpc) is 2.38. The van der Waals surface area contributed by atoms with Crippen molar-refractivity contribution in [1.29, 1.82) is 0 Å². The molecule has 2 rings (SSSR count). The SMILES string of the molecule is CC(C)CC1(C)Oc2ccccc2S1. The molecule has 0 amide bonds. The smallest absolute Gasteiger partial charge is 0.156 e. The Morgan fingerprint density at radius 1 is 1.36 bits per heavy atom. The molecular formula is C12H16OS. The summed E-state index contributed by atoms with van der Waals surface area (Å²) in [6.07, 6.45) is 1.09. The minimum absolute atomic E-state index is 0.0577. The van der Waals surface area contributed by atoms with Gasteiger partial charge in [0.25, 0.3) is 0 Å². The van der Waals surface area contributed by atoms with Crippen LogP contribution in [0.1, 0.15) is 27.2 Å². The maximum Gasteiger partial charge on any atom is 0.156 e. The lowest BCUT2D eigenvalue weighted by Crippen LogP contribution is -2.26. The average molecular weight is 208 g/mol. The molecule has 1 aliphatic heterocycles. The van der Waals surface area contributed by atoms with Crippen molar-refractivity contribution in [3.05, 3.63) is 24.3 Å². The van der Waals surface area contributed by atoms with Crippen LogP contribution in [0.2, 0.25) is 0 Å². The standard InChI is InChI=1S/C12H16OS/c1-9(2)8-12(3)13-10-6-4-5-7-11(10)14-12/h4-7,9H,8H2,1-3H3. The highest BCUT2D eigenvalue weighted by molar-refractivity contribution is 8.00. The highest BCUT2D eigenvalue weighted by atomic mass is 32.2. The van der Waals surface area contributed by atoms with Crippen LogP contribution in [0.4, 0.5) is 0 Å². The van der Waals surface area contributed by atoms with Crippen LogP contribution in [0, 0.1) is 5.92 Å². The number of thioether (sulfide) groups is 1. The van der Waals surface area contributed by atoms with E-state index in [0.717, 1.165) is 12.2 Å². The van der Waals surface area contributed by atoms with Crippen LogP contribution in [-0.4, -0.2) is 4.93 Å². The molecule has 0 aromatic heterocycles. The second-order valence-electron chi connectivity index (χ2n) is 4.38. The fourth-order valence-corrected chi connectivity index (χ4v) is 3.30. The topological polar surface area (TPSA) is 9.23 Å². The van der Waals surface area contributed by atoms with Gasteiger partial charge in [-0.3, -0.25) is 0 Å². The molecule has 2 heteroatoms. The Kier molecular flexibility index (Phi) is 2.48. The molecule has 1 nitrogen and oxygen atoms in total. The Bertz CT molecular complexity index is 308. The molecule has 0 saturated heterocycles. The van der Waals surface area contributed by atoms with E-state index in [1.165, 1.54) is 4.90 Å². The van der Waals surface area contributed by atoms with Crippen LogP contribution in [0.25, 0.3) is 0 Å². The van der Waals surface area contributed by atoms with Crippen molar-refractivity contribution in [2.75, 3.05) is 0 Å². The van der Waals surface area contributed by atoms with Gasteiger partial charge in [-0.1, -0.05) is 37.7 Å². The van der Waals surface area contributed by atoms with Crippen molar-refractivity contribution >= 4 is 11.8 Å². The van der Waals surface area contributed by atoms with Crippen LogP contribution in [0.15, 0.2) is 29.2 Å². The van der Waals surface area contributed by atoms with E-state index in [1.54, 1.807) is 0 Å². The Labute approximate surface area is 89.9 Å². The first kappa shape index (κ1) is 9.91. The molecule has 0 N–H and O–H groups in total. The maximum absolute atomic E-state index is 5.97. The molecule has 1 aliphatic rings. The molecule has 1 unspecified atom stereocenters. The van der Waals surface area contributed by atoms with Crippen molar-refractivity contribution in [2.24, 2.45) is 5.92 Å². The van der Waals surface area contributed by atoms with Crippen molar-refractivity contribution in [3.63, 3.8) is 0 Å². The fourth-order valence-electron chi connectivity index (χ4n) is 1.93. The van der Waals surface area contributed by atoms with Crippen molar-refractivity contribution < 1.29 is 4.74 Å². The third-order valence-corrected chi connectivity index (χ3v) is 3.52. The van der Waals surface area contributed by atoms with E-state index in [2.05, 4.69) is 32.9 Å². The van der Waals surface area contributed by atoms with Gasteiger partial charge in [0.15, 0.2) is 4.93 Å². The number of hydrogen-bond acceptors (Lipinski definition) is 2. The van der Waals surface area contributed by atoms with Crippen molar-refractivity contribution in [1.82, 2.24) is 0 Å². The highest BCUT2D eigenvalue weighted by Gasteiger charge is 2.35. The Balaban J connectivity index is 2.17. The van der Waals surface area contributed by atoms with E-state index >= 15 is 0 Å². The molecule has 1 aromatic carbocycles. The Morgan fingerprint density at radius 2 is 2.07 bits per heavy atom. The van der Waals surface area contributed by atoms with E-state index in [0.29, 0.717) is 5.92 Å². The molecule has 0 spiro atoms. The number of ether oxygens (including phenoxy) is 1. The lowest BCUT2D eigenvalue weighted by molar-refractivity contribution is 0.166. The zero-order chi connectivity index (χ0) is 10.2. The highest BCUT2D eigenvalue weighted by Crippen LogP contribution is 2.49. The van der Waals surface area contributed by atoms with Crippen molar-refractivity contribution in [2.45, 2.75) is 37.0 Å². The van der Waals surface area contributed by atoms with E-state index < -0.39 is 0 Å². The monoisotopic (exact) mass is 208 g/mol. The molecule has 0 bridgehead atoms. The maximum atomic E-state index is 5.97. The van der Waals surface area contributed by atoms with E-state index in [4.69, 9.17) is 4.74 Å². The van der Waals surface area contributed by atoms with Gasteiger partial charge in [-0.15, -0.1) is 0 Å². The minimum atomic E-state index is -0.0577. The molecule has 1 aromatic rings. The fraction of sp³-hybridized carbons (Fsp3) is 0.500. The summed E-state index contributed by atoms with van der Waals surface area (Å²) in [5, 5.41) is 0.